The Balaban J connectivity index is 1.70. The van der Waals surface area contributed by atoms with Crippen LogP contribution in [0.2, 0.25) is 0 Å². The Labute approximate surface area is 208 Å². The maximum Gasteiger partial charge on any atom is 0.416 e. The molecule has 6 nitrogen and oxygen atoms in total. The highest BCUT2D eigenvalue weighted by Gasteiger charge is 2.39. The maximum absolute atomic E-state index is 13.4. The minimum absolute atomic E-state index is 0.00149. The number of aromatic nitrogens is 1. The van der Waals surface area contributed by atoms with Crippen molar-refractivity contribution in [3.8, 4) is 0 Å². The number of hydrogen-bond acceptors (Lipinski definition) is 3. The van der Waals surface area contributed by atoms with E-state index in [-0.39, 0.29) is 44.6 Å². The zero-order valence-corrected chi connectivity index (χ0v) is 19.7. The summed E-state index contributed by atoms with van der Waals surface area (Å²) in [5.74, 6) is -1.18. The Morgan fingerprint density at radius 1 is 1.00 bits per heavy atom. The van der Waals surface area contributed by atoms with Gasteiger partial charge in [-0.3, -0.25) is 14.5 Å². The standard InChI is InChI=1S/C25H24F6N4O2/c1-32-22(36)14-34-6-7-35(19(13-34)10-16-12-33-21-5-3-2-4-20(16)21)23(37)15-8-17(24(26,27)28)11-18(9-15)25(29,30)31/h2-5,8-9,11-12,19,33H,6-7,10,13-14H2,1H3,(H,32,36)/t19-/m1/s1. The second-order valence-corrected chi connectivity index (χ2v) is 8.92. The smallest absolute Gasteiger partial charge is 0.361 e. The van der Waals surface area contributed by atoms with E-state index in [1.807, 2.05) is 24.3 Å². The average molecular weight is 526 g/mol. The van der Waals surface area contributed by atoms with Crippen molar-refractivity contribution in [2.24, 2.45) is 0 Å². The fourth-order valence-corrected chi connectivity index (χ4v) is 4.59. The third kappa shape index (κ3) is 5.90. The van der Waals surface area contributed by atoms with E-state index in [1.54, 1.807) is 11.1 Å². The van der Waals surface area contributed by atoms with Crippen LogP contribution in [0.1, 0.15) is 27.0 Å². The summed E-state index contributed by atoms with van der Waals surface area (Å²) in [4.78, 5) is 31.6. The van der Waals surface area contributed by atoms with Gasteiger partial charge in [0.25, 0.3) is 5.91 Å². The Morgan fingerprint density at radius 2 is 1.65 bits per heavy atom. The Kier molecular flexibility index (Phi) is 7.22. The minimum Gasteiger partial charge on any atom is -0.361 e. The van der Waals surface area contributed by atoms with E-state index in [0.29, 0.717) is 12.1 Å². The summed E-state index contributed by atoms with van der Waals surface area (Å²) < 4.78 is 80.3. The molecule has 198 valence electrons. The monoisotopic (exact) mass is 526 g/mol. The van der Waals surface area contributed by atoms with E-state index in [9.17, 15) is 35.9 Å². The second-order valence-electron chi connectivity index (χ2n) is 8.92. The second kappa shape index (κ2) is 10.1. The molecule has 12 heteroatoms. The summed E-state index contributed by atoms with van der Waals surface area (Å²) in [6.07, 6.45) is -8.08. The zero-order valence-electron chi connectivity index (χ0n) is 19.7. The number of hydrogen-bond donors (Lipinski definition) is 2. The van der Waals surface area contributed by atoms with Crippen molar-refractivity contribution >= 4 is 22.7 Å². The van der Waals surface area contributed by atoms with Crippen molar-refractivity contribution in [3.63, 3.8) is 0 Å². The van der Waals surface area contributed by atoms with Gasteiger partial charge >= 0.3 is 12.4 Å². The number of rotatable bonds is 5. The molecule has 2 heterocycles. The highest BCUT2D eigenvalue weighted by molar-refractivity contribution is 5.95. The van der Waals surface area contributed by atoms with Crippen molar-refractivity contribution in [1.29, 1.82) is 0 Å². The van der Waals surface area contributed by atoms with Crippen molar-refractivity contribution in [2.75, 3.05) is 33.2 Å². The van der Waals surface area contributed by atoms with Crippen LogP contribution >= 0.6 is 0 Å². The lowest BCUT2D eigenvalue weighted by Gasteiger charge is -2.41. The molecule has 37 heavy (non-hydrogen) atoms. The number of aromatic amines is 1. The molecule has 3 aromatic rings. The highest BCUT2D eigenvalue weighted by atomic mass is 19.4. The minimum atomic E-state index is -5.06. The van der Waals surface area contributed by atoms with E-state index in [1.165, 1.54) is 11.9 Å². The van der Waals surface area contributed by atoms with Crippen molar-refractivity contribution in [2.45, 2.75) is 24.8 Å². The average Bonchev–Trinajstić information content (AvgIpc) is 3.25. The Morgan fingerprint density at radius 3 is 2.27 bits per heavy atom. The summed E-state index contributed by atoms with van der Waals surface area (Å²) >= 11 is 0. The zero-order chi connectivity index (χ0) is 27.0. The molecular formula is C25H24F6N4O2. The number of benzene rings is 2. The molecule has 0 aliphatic carbocycles. The van der Waals surface area contributed by atoms with Crippen LogP contribution in [-0.4, -0.2) is 65.9 Å². The van der Waals surface area contributed by atoms with Gasteiger partial charge in [0.05, 0.1) is 17.7 Å². The number of piperazine rings is 1. The summed E-state index contributed by atoms with van der Waals surface area (Å²) in [5, 5.41) is 3.40. The molecule has 1 aliphatic rings. The number of nitrogens with one attached hydrogen (secondary N) is 2. The molecule has 0 spiro atoms. The number of nitrogens with zero attached hydrogens (tertiary/aromatic N) is 2. The lowest BCUT2D eigenvalue weighted by Crippen LogP contribution is -2.57. The third-order valence-electron chi connectivity index (χ3n) is 6.44. The number of H-pyrrole nitrogens is 1. The molecule has 2 N–H and O–H groups in total. The summed E-state index contributed by atoms with van der Waals surface area (Å²) in [6.45, 7) is 0.517. The number of amides is 2. The van der Waals surface area contributed by atoms with Crippen LogP contribution in [0, 0.1) is 0 Å². The van der Waals surface area contributed by atoms with Gasteiger partial charge in [0.15, 0.2) is 0 Å². The first-order chi connectivity index (χ1) is 17.4. The van der Waals surface area contributed by atoms with Gasteiger partial charge in [-0.05, 0) is 36.2 Å². The predicted octanol–water partition coefficient (Wildman–Crippen LogP) is 4.32. The molecule has 0 bridgehead atoms. The summed E-state index contributed by atoms with van der Waals surface area (Å²) in [7, 11) is 1.48. The van der Waals surface area contributed by atoms with E-state index in [4.69, 9.17) is 0 Å². The number of halogens is 6. The molecule has 0 unspecified atom stereocenters. The SMILES string of the molecule is CNC(=O)CN1CCN(C(=O)c2cc(C(F)(F)F)cc(C(F)(F)F)c2)[C@H](Cc2c[nH]c3ccccc23)C1. The fraction of sp³-hybridized carbons (Fsp3) is 0.360. The molecule has 1 fully saturated rings. The predicted molar refractivity (Wildman–Crippen MR) is 124 cm³/mol. The number of carbonyl (C=O) groups excluding carboxylic acids is 2. The quantitative estimate of drug-likeness (QED) is 0.487. The van der Waals surface area contributed by atoms with Gasteiger partial charge in [-0.2, -0.15) is 26.3 Å². The molecule has 1 aromatic heterocycles. The molecule has 0 radical (unpaired) electrons. The van der Waals surface area contributed by atoms with Gasteiger partial charge in [-0.1, -0.05) is 18.2 Å². The van der Waals surface area contributed by atoms with Gasteiger partial charge in [0.2, 0.25) is 5.91 Å². The lowest BCUT2D eigenvalue weighted by atomic mass is 9.98. The number of likely N-dealkylation sites (N-methyl/N-ethyl adjacent to an activating group) is 1. The fourth-order valence-electron chi connectivity index (χ4n) is 4.59. The third-order valence-corrected chi connectivity index (χ3v) is 6.44. The van der Waals surface area contributed by atoms with Gasteiger partial charge in [-0.15, -0.1) is 0 Å². The maximum atomic E-state index is 13.4. The van der Waals surface area contributed by atoms with Crippen molar-refractivity contribution < 1.29 is 35.9 Å². The lowest BCUT2D eigenvalue weighted by molar-refractivity contribution is -0.143. The normalized spacial score (nSPS) is 17.3. The van der Waals surface area contributed by atoms with Gasteiger partial charge in [0, 0.05) is 55.4 Å². The first-order valence-electron chi connectivity index (χ1n) is 11.4. The van der Waals surface area contributed by atoms with Crippen LogP contribution in [-0.2, 0) is 23.6 Å². The van der Waals surface area contributed by atoms with E-state index in [2.05, 4.69) is 10.3 Å². The van der Waals surface area contributed by atoms with Crippen LogP contribution in [0.4, 0.5) is 26.3 Å². The van der Waals surface area contributed by atoms with E-state index >= 15 is 0 Å². The van der Waals surface area contributed by atoms with Crippen molar-refractivity contribution in [3.05, 3.63) is 70.9 Å². The van der Waals surface area contributed by atoms with Gasteiger partial charge in [0.1, 0.15) is 0 Å². The molecule has 1 aliphatic heterocycles. The van der Waals surface area contributed by atoms with Crippen molar-refractivity contribution in [1.82, 2.24) is 20.1 Å². The molecule has 0 saturated carbocycles. The van der Waals surface area contributed by atoms with Crippen LogP contribution in [0.25, 0.3) is 10.9 Å². The molecule has 2 amide bonds. The van der Waals surface area contributed by atoms with Gasteiger partial charge < -0.3 is 15.2 Å². The Hall–Kier alpha value is -3.54. The van der Waals surface area contributed by atoms with E-state index in [0.717, 1.165) is 16.5 Å². The molecule has 2 aromatic carbocycles. The number of fused-ring (bicyclic) bond motifs is 1. The Bertz CT molecular complexity index is 1270. The molecule has 4 rings (SSSR count). The summed E-state index contributed by atoms with van der Waals surface area (Å²) in [6, 6.07) is 7.73. The first kappa shape index (κ1) is 26.5. The van der Waals surface area contributed by atoms with Crippen LogP contribution in [0.3, 0.4) is 0 Å². The van der Waals surface area contributed by atoms with Gasteiger partial charge in [-0.25, -0.2) is 0 Å². The topological polar surface area (TPSA) is 68.4 Å². The number of carbonyl (C=O) groups is 2. The molecule has 1 saturated heterocycles. The first-order valence-corrected chi connectivity index (χ1v) is 11.4. The van der Waals surface area contributed by atoms with E-state index < -0.39 is 41.0 Å². The molecular weight excluding hydrogens is 502 g/mol. The largest absolute Gasteiger partial charge is 0.416 e. The van der Waals surface area contributed by atoms with Crippen LogP contribution in [0.15, 0.2) is 48.7 Å². The number of para-hydroxylation sites is 1. The van der Waals surface area contributed by atoms with Crippen LogP contribution in [0.5, 0.6) is 0 Å². The summed E-state index contributed by atoms with van der Waals surface area (Å²) in [5.41, 5.74) is -2.10. The number of alkyl halides is 6. The van der Waals surface area contributed by atoms with Crippen LogP contribution < -0.4 is 5.32 Å². The molecule has 1 atom stereocenters. The highest BCUT2D eigenvalue weighted by Crippen LogP contribution is 2.37.